The van der Waals surface area contributed by atoms with Crippen LogP contribution in [0, 0.1) is 3.57 Å². The summed E-state index contributed by atoms with van der Waals surface area (Å²) in [5, 5.41) is 18.6. The van der Waals surface area contributed by atoms with Gasteiger partial charge < -0.3 is 9.88 Å². The Morgan fingerprint density at radius 1 is 1.14 bits per heavy atom. The monoisotopic (exact) mass is 596 g/mol. The summed E-state index contributed by atoms with van der Waals surface area (Å²) in [5.74, 6) is 0.561. The Labute approximate surface area is 222 Å². The second-order valence-corrected chi connectivity index (χ2v) is 10.3. The fourth-order valence-corrected chi connectivity index (χ4v) is 4.66. The quantitative estimate of drug-likeness (QED) is 0.0835. The molecule has 2 N–H and O–H groups in total. The molecule has 0 saturated carbocycles. The number of aromatic nitrogens is 3. The molecule has 1 amide bonds. The first-order valence-corrected chi connectivity index (χ1v) is 13.0. The zero-order valence-electron chi connectivity index (χ0n) is 19.2. The van der Waals surface area contributed by atoms with Gasteiger partial charge in [0.2, 0.25) is 0 Å². The fourth-order valence-electron chi connectivity index (χ4n) is 3.43. The number of hydrogen-bond donors (Lipinski definition) is 2. The molecule has 0 bridgehead atoms. The standard InChI is InChI=1S/C26H25IN6OS/c1-3-15-33-24(17-28-22-13-11-21(27)12-14-22)30-32-26(33)35-18(2)25(34)31-29-16-20-9-6-8-19-7-4-5-10-23(19)20/h3-14,16,18,28H,1,15,17H2,2H3,(H,31,34)/t18-/m0/s1. The average molecular weight is 596 g/mol. The van der Waals surface area contributed by atoms with Crippen LogP contribution in [0.5, 0.6) is 0 Å². The number of benzene rings is 3. The van der Waals surface area contributed by atoms with Crippen LogP contribution >= 0.6 is 34.4 Å². The first-order chi connectivity index (χ1) is 17.0. The number of allylic oxidation sites excluding steroid dienone is 1. The molecule has 35 heavy (non-hydrogen) atoms. The van der Waals surface area contributed by atoms with Gasteiger partial charge in [-0.1, -0.05) is 60.3 Å². The van der Waals surface area contributed by atoms with E-state index in [0.29, 0.717) is 18.2 Å². The molecule has 0 aliphatic carbocycles. The summed E-state index contributed by atoms with van der Waals surface area (Å²) in [4.78, 5) is 12.7. The van der Waals surface area contributed by atoms with E-state index in [0.717, 1.165) is 27.8 Å². The minimum absolute atomic E-state index is 0.210. The van der Waals surface area contributed by atoms with Crippen molar-refractivity contribution in [3.63, 3.8) is 0 Å². The lowest BCUT2D eigenvalue weighted by atomic mass is 10.1. The van der Waals surface area contributed by atoms with E-state index in [-0.39, 0.29) is 5.91 Å². The number of nitrogens with zero attached hydrogens (tertiary/aromatic N) is 4. The number of hydrogen-bond acceptors (Lipinski definition) is 6. The average Bonchev–Trinajstić information content (AvgIpc) is 3.25. The van der Waals surface area contributed by atoms with E-state index in [1.807, 2.05) is 78.2 Å². The van der Waals surface area contributed by atoms with E-state index in [2.05, 4.69) is 55.2 Å². The summed E-state index contributed by atoms with van der Waals surface area (Å²) in [7, 11) is 0. The molecule has 7 nitrogen and oxygen atoms in total. The van der Waals surface area contributed by atoms with Crippen LogP contribution in [0.1, 0.15) is 18.3 Å². The Balaban J connectivity index is 1.38. The molecule has 0 saturated heterocycles. The Bertz CT molecular complexity index is 1350. The molecule has 178 valence electrons. The van der Waals surface area contributed by atoms with Gasteiger partial charge in [0, 0.05) is 21.4 Å². The number of halogens is 1. The topological polar surface area (TPSA) is 84.2 Å². The molecule has 0 aliphatic heterocycles. The summed E-state index contributed by atoms with van der Waals surface area (Å²) in [6.45, 7) is 6.73. The Hall–Kier alpha value is -3.18. The van der Waals surface area contributed by atoms with Crippen LogP contribution in [0.4, 0.5) is 5.69 Å². The van der Waals surface area contributed by atoms with Gasteiger partial charge in [0.15, 0.2) is 11.0 Å². The summed E-state index contributed by atoms with van der Waals surface area (Å²) >= 11 is 3.62. The molecule has 1 aromatic heterocycles. The second kappa shape index (κ2) is 12.0. The van der Waals surface area contributed by atoms with E-state index >= 15 is 0 Å². The lowest BCUT2D eigenvalue weighted by Crippen LogP contribution is -2.27. The lowest BCUT2D eigenvalue weighted by molar-refractivity contribution is -0.120. The largest absolute Gasteiger partial charge is 0.378 e. The number of amides is 1. The van der Waals surface area contributed by atoms with Crippen molar-refractivity contribution in [3.8, 4) is 0 Å². The van der Waals surface area contributed by atoms with Gasteiger partial charge in [0.25, 0.3) is 5.91 Å². The molecule has 9 heteroatoms. The highest BCUT2D eigenvalue weighted by molar-refractivity contribution is 14.1. The first-order valence-electron chi connectivity index (χ1n) is 11.0. The highest BCUT2D eigenvalue weighted by atomic mass is 127. The summed E-state index contributed by atoms with van der Waals surface area (Å²) in [5.41, 5.74) is 4.59. The Morgan fingerprint density at radius 3 is 2.71 bits per heavy atom. The molecule has 0 fully saturated rings. The number of rotatable bonds is 10. The van der Waals surface area contributed by atoms with Crippen molar-refractivity contribution in [1.82, 2.24) is 20.2 Å². The molecule has 1 atom stereocenters. The maximum absolute atomic E-state index is 12.7. The molecular formula is C26H25IN6OS. The van der Waals surface area contributed by atoms with Crippen LogP contribution in [-0.2, 0) is 17.9 Å². The maximum atomic E-state index is 12.7. The summed E-state index contributed by atoms with van der Waals surface area (Å²) < 4.78 is 3.14. The summed E-state index contributed by atoms with van der Waals surface area (Å²) in [6.07, 6.45) is 3.47. The lowest BCUT2D eigenvalue weighted by Gasteiger charge is -2.12. The number of nitrogens with one attached hydrogen (secondary N) is 2. The molecule has 4 rings (SSSR count). The first kappa shape index (κ1) is 24.9. The van der Waals surface area contributed by atoms with Crippen LogP contribution < -0.4 is 10.7 Å². The molecule has 0 spiro atoms. The van der Waals surface area contributed by atoms with Crippen LogP contribution in [-0.4, -0.2) is 32.1 Å². The van der Waals surface area contributed by atoms with Gasteiger partial charge in [-0.2, -0.15) is 5.10 Å². The van der Waals surface area contributed by atoms with Gasteiger partial charge in [-0.25, -0.2) is 5.43 Å². The third-order valence-corrected chi connectivity index (χ3v) is 7.05. The van der Waals surface area contributed by atoms with Crippen molar-refractivity contribution in [2.45, 2.75) is 30.4 Å². The summed E-state index contributed by atoms with van der Waals surface area (Å²) in [6, 6.07) is 22.2. The van der Waals surface area contributed by atoms with E-state index in [4.69, 9.17) is 0 Å². The maximum Gasteiger partial charge on any atom is 0.253 e. The van der Waals surface area contributed by atoms with E-state index < -0.39 is 5.25 Å². The smallest absolute Gasteiger partial charge is 0.253 e. The van der Waals surface area contributed by atoms with E-state index in [9.17, 15) is 4.79 Å². The van der Waals surface area contributed by atoms with Crippen LogP contribution in [0.25, 0.3) is 10.8 Å². The minimum Gasteiger partial charge on any atom is -0.378 e. The minimum atomic E-state index is -0.413. The number of carbonyl (C=O) groups excluding carboxylic acids is 1. The van der Waals surface area contributed by atoms with Crippen LogP contribution in [0.2, 0.25) is 0 Å². The van der Waals surface area contributed by atoms with Gasteiger partial charge in [-0.05, 0) is 64.6 Å². The van der Waals surface area contributed by atoms with Crippen molar-refractivity contribution in [1.29, 1.82) is 0 Å². The second-order valence-electron chi connectivity index (χ2n) is 7.72. The molecular weight excluding hydrogens is 571 g/mol. The van der Waals surface area contributed by atoms with Crippen molar-refractivity contribution in [3.05, 3.63) is 94.3 Å². The zero-order chi connectivity index (χ0) is 24.6. The molecule has 0 unspecified atom stereocenters. The van der Waals surface area contributed by atoms with Gasteiger partial charge in [0.1, 0.15) is 0 Å². The SMILES string of the molecule is C=CCn1c(CNc2ccc(I)cc2)nnc1S[C@@H](C)C(=O)NN=Cc1cccc2ccccc12. The third kappa shape index (κ3) is 6.49. The number of fused-ring (bicyclic) bond motifs is 1. The fraction of sp³-hybridized carbons (Fsp3) is 0.154. The molecule has 0 radical (unpaired) electrons. The Kier molecular flexibility index (Phi) is 8.54. The van der Waals surface area contributed by atoms with Gasteiger partial charge >= 0.3 is 0 Å². The highest BCUT2D eigenvalue weighted by Crippen LogP contribution is 2.23. The van der Waals surface area contributed by atoms with Crippen LogP contribution in [0.15, 0.2) is 89.6 Å². The van der Waals surface area contributed by atoms with Crippen molar-refractivity contribution in [2.75, 3.05) is 5.32 Å². The normalized spacial score (nSPS) is 12.1. The van der Waals surface area contributed by atoms with E-state index in [1.54, 1.807) is 12.3 Å². The number of thioether (sulfide) groups is 1. The number of hydrazone groups is 1. The van der Waals surface area contributed by atoms with Gasteiger partial charge in [-0.15, -0.1) is 16.8 Å². The van der Waals surface area contributed by atoms with Crippen LogP contribution in [0.3, 0.4) is 0 Å². The number of anilines is 1. The zero-order valence-corrected chi connectivity index (χ0v) is 22.2. The van der Waals surface area contributed by atoms with Gasteiger partial charge in [0.05, 0.1) is 18.0 Å². The third-order valence-electron chi connectivity index (χ3n) is 5.25. The van der Waals surface area contributed by atoms with Crippen molar-refractivity contribution < 1.29 is 4.79 Å². The van der Waals surface area contributed by atoms with Crippen molar-refractivity contribution >= 4 is 62.9 Å². The number of carbonyl (C=O) groups is 1. The van der Waals surface area contributed by atoms with Gasteiger partial charge in [-0.3, -0.25) is 4.79 Å². The van der Waals surface area contributed by atoms with Crippen molar-refractivity contribution in [2.24, 2.45) is 5.10 Å². The molecule has 0 aliphatic rings. The molecule has 4 aromatic rings. The van der Waals surface area contributed by atoms with E-state index in [1.165, 1.54) is 15.3 Å². The highest BCUT2D eigenvalue weighted by Gasteiger charge is 2.19. The molecule has 3 aromatic carbocycles. The Morgan fingerprint density at radius 2 is 1.91 bits per heavy atom. The predicted octanol–water partition coefficient (Wildman–Crippen LogP) is 5.46. The molecule has 1 heterocycles. The predicted molar refractivity (Wildman–Crippen MR) is 152 cm³/mol.